The SMILES string of the molecule is CC(c1ccccc1)c1nccn1CCCC1NNNN1. The Hall–Kier alpha value is -1.73. The van der Waals surface area contributed by atoms with Crippen LogP contribution in [0.5, 0.6) is 0 Å². The second kappa shape index (κ2) is 6.82. The minimum Gasteiger partial charge on any atom is -0.334 e. The molecule has 6 heteroatoms. The summed E-state index contributed by atoms with van der Waals surface area (Å²) in [5.74, 6) is 1.44. The van der Waals surface area contributed by atoms with Crippen LogP contribution in [0.2, 0.25) is 0 Å². The molecular weight excluding hydrogens is 264 g/mol. The molecule has 1 aromatic heterocycles. The van der Waals surface area contributed by atoms with Crippen molar-refractivity contribution in [1.29, 1.82) is 0 Å². The predicted molar refractivity (Wildman–Crippen MR) is 81.8 cm³/mol. The molecular formula is C15H22N6. The van der Waals surface area contributed by atoms with E-state index in [0.717, 1.165) is 25.2 Å². The largest absolute Gasteiger partial charge is 0.334 e. The molecule has 4 N–H and O–H groups in total. The van der Waals surface area contributed by atoms with E-state index in [0.29, 0.717) is 5.92 Å². The van der Waals surface area contributed by atoms with Crippen LogP contribution in [0, 0.1) is 0 Å². The van der Waals surface area contributed by atoms with Crippen LogP contribution in [-0.4, -0.2) is 15.7 Å². The molecule has 1 atom stereocenters. The molecule has 6 nitrogen and oxygen atoms in total. The van der Waals surface area contributed by atoms with Crippen LogP contribution in [0.4, 0.5) is 0 Å². The fourth-order valence-corrected chi connectivity index (χ4v) is 2.67. The van der Waals surface area contributed by atoms with Crippen molar-refractivity contribution in [2.75, 3.05) is 0 Å². The first-order valence-corrected chi connectivity index (χ1v) is 7.41. The van der Waals surface area contributed by atoms with Crippen molar-refractivity contribution < 1.29 is 0 Å². The lowest BCUT2D eigenvalue weighted by atomic mass is 10.0. The monoisotopic (exact) mass is 286 g/mol. The number of nitrogens with zero attached hydrogens (tertiary/aromatic N) is 2. The average Bonchev–Trinajstić information content (AvgIpc) is 3.19. The molecule has 112 valence electrons. The van der Waals surface area contributed by atoms with Crippen LogP contribution in [-0.2, 0) is 6.54 Å². The molecule has 1 aromatic carbocycles. The van der Waals surface area contributed by atoms with Gasteiger partial charge in [-0.2, -0.15) is 11.1 Å². The lowest BCUT2D eigenvalue weighted by molar-refractivity contribution is 0.448. The van der Waals surface area contributed by atoms with Crippen LogP contribution in [0.25, 0.3) is 0 Å². The molecule has 0 radical (unpaired) electrons. The predicted octanol–water partition coefficient (Wildman–Crippen LogP) is 1.26. The summed E-state index contributed by atoms with van der Waals surface area (Å²) < 4.78 is 2.26. The van der Waals surface area contributed by atoms with E-state index in [-0.39, 0.29) is 6.17 Å². The highest BCUT2D eigenvalue weighted by Crippen LogP contribution is 2.22. The Morgan fingerprint density at radius 1 is 1.19 bits per heavy atom. The molecule has 0 bridgehead atoms. The smallest absolute Gasteiger partial charge is 0.115 e. The van der Waals surface area contributed by atoms with E-state index in [2.05, 4.69) is 68.9 Å². The molecule has 0 spiro atoms. The van der Waals surface area contributed by atoms with Gasteiger partial charge in [0.25, 0.3) is 0 Å². The first kappa shape index (κ1) is 14.2. The summed E-state index contributed by atoms with van der Waals surface area (Å²) in [6.45, 7) is 3.19. The van der Waals surface area contributed by atoms with Gasteiger partial charge in [0.05, 0.1) is 6.17 Å². The fraction of sp³-hybridized carbons (Fsp3) is 0.400. The first-order valence-electron chi connectivity index (χ1n) is 7.41. The second-order valence-electron chi connectivity index (χ2n) is 5.34. The molecule has 1 aliphatic heterocycles. The van der Waals surface area contributed by atoms with Crippen LogP contribution in [0.15, 0.2) is 42.7 Å². The number of hydrogen-bond donors (Lipinski definition) is 4. The Bertz CT molecular complexity index is 546. The van der Waals surface area contributed by atoms with Gasteiger partial charge in [0.1, 0.15) is 5.82 Å². The molecule has 0 saturated carbocycles. The summed E-state index contributed by atoms with van der Waals surface area (Å²) in [5.41, 5.74) is 13.2. The van der Waals surface area contributed by atoms with Gasteiger partial charge in [-0.3, -0.25) is 0 Å². The zero-order chi connectivity index (χ0) is 14.5. The van der Waals surface area contributed by atoms with E-state index in [1.807, 2.05) is 12.3 Å². The summed E-state index contributed by atoms with van der Waals surface area (Å²) in [5, 5.41) is 0. The van der Waals surface area contributed by atoms with Gasteiger partial charge >= 0.3 is 0 Å². The van der Waals surface area contributed by atoms with Crippen molar-refractivity contribution in [1.82, 2.24) is 31.5 Å². The lowest BCUT2D eigenvalue weighted by Crippen LogP contribution is -2.33. The summed E-state index contributed by atoms with van der Waals surface area (Å²) in [6.07, 6.45) is 6.35. The Morgan fingerprint density at radius 3 is 2.71 bits per heavy atom. The Balaban J connectivity index is 1.60. The third-order valence-corrected chi connectivity index (χ3v) is 3.88. The van der Waals surface area contributed by atoms with Crippen molar-refractivity contribution in [3.05, 3.63) is 54.1 Å². The van der Waals surface area contributed by atoms with E-state index in [9.17, 15) is 0 Å². The van der Waals surface area contributed by atoms with E-state index >= 15 is 0 Å². The number of nitrogens with one attached hydrogen (secondary N) is 4. The lowest BCUT2D eigenvalue weighted by Gasteiger charge is -2.15. The molecule has 2 heterocycles. The van der Waals surface area contributed by atoms with Crippen LogP contribution >= 0.6 is 0 Å². The van der Waals surface area contributed by atoms with Gasteiger partial charge in [-0.15, -0.1) is 0 Å². The third kappa shape index (κ3) is 3.48. The topological polar surface area (TPSA) is 65.9 Å². The highest BCUT2D eigenvalue weighted by molar-refractivity contribution is 5.24. The Labute approximate surface area is 124 Å². The van der Waals surface area contributed by atoms with Gasteiger partial charge in [0, 0.05) is 24.9 Å². The number of rotatable bonds is 6. The Kier molecular flexibility index (Phi) is 4.62. The quantitative estimate of drug-likeness (QED) is 0.644. The molecule has 1 aliphatic rings. The molecule has 0 amide bonds. The van der Waals surface area contributed by atoms with Crippen molar-refractivity contribution in [2.45, 2.75) is 38.4 Å². The minimum atomic E-state index is 0.267. The normalized spacial score (nSPS) is 17.2. The summed E-state index contributed by atoms with van der Waals surface area (Å²) in [7, 11) is 0. The van der Waals surface area contributed by atoms with Crippen molar-refractivity contribution in [3.63, 3.8) is 0 Å². The minimum absolute atomic E-state index is 0.267. The van der Waals surface area contributed by atoms with E-state index in [4.69, 9.17) is 0 Å². The van der Waals surface area contributed by atoms with Crippen molar-refractivity contribution in [2.24, 2.45) is 0 Å². The summed E-state index contributed by atoms with van der Waals surface area (Å²) in [6, 6.07) is 10.5. The molecule has 3 rings (SSSR count). The summed E-state index contributed by atoms with van der Waals surface area (Å²) in [4.78, 5) is 4.55. The van der Waals surface area contributed by atoms with Crippen LogP contribution < -0.4 is 21.9 Å². The van der Waals surface area contributed by atoms with Crippen LogP contribution in [0.3, 0.4) is 0 Å². The van der Waals surface area contributed by atoms with E-state index < -0.39 is 0 Å². The Morgan fingerprint density at radius 2 is 1.95 bits per heavy atom. The number of aromatic nitrogens is 2. The van der Waals surface area contributed by atoms with Gasteiger partial charge in [-0.1, -0.05) is 37.3 Å². The number of imidazole rings is 1. The number of aryl methyl sites for hydroxylation is 1. The van der Waals surface area contributed by atoms with Crippen molar-refractivity contribution >= 4 is 0 Å². The molecule has 0 aliphatic carbocycles. The van der Waals surface area contributed by atoms with Gasteiger partial charge in [-0.05, 0) is 18.4 Å². The highest BCUT2D eigenvalue weighted by atomic mass is 15.8. The maximum absolute atomic E-state index is 4.55. The second-order valence-corrected chi connectivity index (χ2v) is 5.34. The number of hydrazine groups is 3. The van der Waals surface area contributed by atoms with Gasteiger partial charge in [0.2, 0.25) is 0 Å². The molecule has 2 aromatic rings. The molecule has 1 saturated heterocycles. The first-order chi connectivity index (χ1) is 10.3. The van der Waals surface area contributed by atoms with Crippen LogP contribution in [0.1, 0.15) is 37.1 Å². The maximum atomic E-state index is 4.55. The molecule has 1 fully saturated rings. The molecule has 21 heavy (non-hydrogen) atoms. The van der Waals surface area contributed by atoms with Crippen molar-refractivity contribution in [3.8, 4) is 0 Å². The summed E-state index contributed by atoms with van der Waals surface area (Å²) >= 11 is 0. The van der Waals surface area contributed by atoms with E-state index in [1.54, 1.807) is 0 Å². The maximum Gasteiger partial charge on any atom is 0.115 e. The fourth-order valence-electron chi connectivity index (χ4n) is 2.67. The van der Waals surface area contributed by atoms with Gasteiger partial charge in [0.15, 0.2) is 0 Å². The molecule has 1 unspecified atom stereocenters. The van der Waals surface area contributed by atoms with Gasteiger partial charge in [-0.25, -0.2) is 15.8 Å². The highest BCUT2D eigenvalue weighted by Gasteiger charge is 2.15. The number of hydrogen-bond acceptors (Lipinski definition) is 5. The third-order valence-electron chi connectivity index (χ3n) is 3.88. The van der Waals surface area contributed by atoms with E-state index in [1.165, 1.54) is 5.56 Å². The standard InChI is InChI=1S/C15H22N6/c1-12(13-6-3-2-4-7-13)15-16-9-11-21(15)10-5-8-14-17-19-20-18-14/h2-4,6-7,9,11-12,14,17-20H,5,8,10H2,1H3. The zero-order valence-electron chi connectivity index (χ0n) is 12.2. The van der Waals surface area contributed by atoms with Gasteiger partial charge < -0.3 is 4.57 Å². The average molecular weight is 286 g/mol. The zero-order valence-corrected chi connectivity index (χ0v) is 12.2. The number of benzene rings is 1.